The van der Waals surface area contributed by atoms with E-state index in [1.807, 2.05) is 0 Å². The van der Waals surface area contributed by atoms with Crippen LogP contribution in [0.4, 0.5) is 0 Å². The molecular weight excluding hydrogens is 226 g/mol. The summed E-state index contributed by atoms with van der Waals surface area (Å²) in [5.74, 6) is -0.935. The predicted octanol–water partition coefficient (Wildman–Crippen LogP) is 3.70. The second-order valence-electron chi connectivity index (χ2n) is 5.05. The Morgan fingerprint density at radius 1 is 1.17 bits per heavy atom. The Kier molecular flexibility index (Phi) is 10.8. The molecule has 3 heteroatoms. The number of hydrogen-bond acceptors (Lipinski definition) is 2. The van der Waals surface area contributed by atoms with E-state index in [2.05, 4.69) is 18.4 Å². The lowest BCUT2D eigenvalue weighted by Crippen LogP contribution is -2.30. The minimum atomic E-state index is -0.935. The lowest BCUT2D eigenvalue weighted by Gasteiger charge is -2.26. The standard InChI is InChI=1S/C11H23N.C4H6O2/c1-2-3-4-6-9-12-10-7-5-8-11-12;1-3(2)4(5)6/h2-11H2,1H3;1H2,2H3,(H,5,6). The van der Waals surface area contributed by atoms with Crippen LogP contribution in [-0.2, 0) is 4.79 Å². The first-order valence-electron chi connectivity index (χ1n) is 7.19. The fourth-order valence-electron chi connectivity index (χ4n) is 1.95. The maximum absolute atomic E-state index is 9.60. The van der Waals surface area contributed by atoms with E-state index in [1.165, 1.54) is 71.5 Å². The Bertz CT molecular complexity index is 221. The summed E-state index contributed by atoms with van der Waals surface area (Å²) < 4.78 is 0. The number of nitrogens with zero attached hydrogens (tertiary/aromatic N) is 1. The highest BCUT2D eigenvalue weighted by molar-refractivity contribution is 5.84. The van der Waals surface area contributed by atoms with E-state index in [4.69, 9.17) is 5.11 Å². The first-order chi connectivity index (χ1) is 8.57. The molecule has 0 amide bonds. The molecule has 1 rings (SSSR count). The molecular formula is C15H29NO2. The quantitative estimate of drug-likeness (QED) is 0.581. The van der Waals surface area contributed by atoms with Crippen LogP contribution in [0.15, 0.2) is 12.2 Å². The summed E-state index contributed by atoms with van der Waals surface area (Å²) in [7, 11) is 0. The molecule has 0 unspecified atom stereocenters. The van der Waals surface area contributed by atoms with Crippen molar-refractivity contribution >= 4 is 5.97 Å². The fraction of sp³-hybridized carbons (Fsp3) is 0.800. The van der Waals surface area contributed by atoms with Crippen LogP contribution in [0.1, 0.15) is 58.8 Å². The van der Waals surface area contributed by atoms with Gasteiger partial charge in [-0.3, -0.25) is 0 Å². The van der Waals surface area contributed by atoms with Crippen LogP contribution in [-0.4, -0.2) is 35.6 Å². The van der Waals surface area contributed by atoms with Crippen LogP contribution in [0.3, 0.4) is 0 Å². The summed E-state index contributed by atoms with van der Waals surface area (Å²) in [5.41, 5.74) is 0.176. The van der Waals surface area contributed by atoms with E-state index < -0.39 is 5.97 Å². The van der Waals surface area contributed by atoms with Gasteiger partial charge in [-0.25, -0.2) is 4.79 Å². The molecule has 1 fully saturated rings. The van der Waals surface area contributed by atoms with E-state index >= 15 is 0 Å². The van der Waals surface area contributed by atoms with Crippen LogP contribution in [0.25, 0.3) is 0 Å². The van der Waals surface area contributed by atoms with Crippen molar-refractivity contribution in [2.45, 2.75) is 58.8 Å². The van der Waals surface area contributed by atoms with E-state index in [0.29, 0.717) is 0 Å². The van der Waals surface area contributed by atoms with Crippen LogP contribution in [0, 0.1) is 0 Å². The van der Waals surface area contributed by atoms with Crippen LogP contribution in [0.2, 0.25) is 0 Å². The van der Waals surface area contributed by atoms with Crippen molar-refractivity contribution < 1.29 is 9.90 Å². The van der Waals surface area contributed by atoms with Gasteiger partial charge in [0.1, 0.15) is 0 Å². The molecule has 3 nitrogen and oxygen atoms in total. The SMILES string of the molecule is C=C(C)C(=O)O.CCCCCCN1CCCCC1. The van der Waals surface area contributed by atoms with Gasteiger partial charge in [0.25, 0.3) is 0 Å². The third-order valence-corrected chi connectivity index (χ3v) is 3.14. The lowest BCUT2D eigenvalue weighted by molar-refractivity contribution is -0.132. The van der Waals surface area contributed by atoms with E-state index in [9.17, 15) is 4.79 Å². The van der Waals surface area contributed by atoms with Crippen molar-refractivity contribution in [3.05, 3.63) is 12.2 Å². The van der Waals surface area contributed by atoms with Crippen molar-refractivity contribution in [3.63, 3.8) is 0 Å². The number of rotatable bonds is 6. The number of carboxylic acid groups (broad SMARTS) is 1. The molecule has 0 aromatic carbocycles. The molecule has 0 aromatic rings. The number of likely N-dealkylation sites (tertiary alicyclic amines) is 1. The number of carboxylic acids is 1. The molecule has 0 saturated carbocycles. The topological polar surface area (TPSA) is 40.5 Å². The number of aliphatic carboxylic acids is 1. The minimum Gasteiger partial charge on any atom is -0.478 e. The third kappa shape index (κ3) is 10.3. The Morgan fingerprint density at radius 3 is 2.17 bits per heavy atom. The minimum absolute atomic E-state index is 0.176. The molecule has 0 spiro atoms. The summed E-state index contributed by atoms with van der Waals surface area (Å²) in [5, 5.41) is 7.89. The molecule has 1 aliphatic heterocycles. The number of piperidine rings is 1. The van der Waals surface area contributed by atoms with Gasteiger partial charge in [0.05, 0.1) is 0 Å². The second kappa shape index (κ2) is 11.3. The highest BCUT2D eigenvalue weighted by atomic mass is 16.4. The van der Waals surface area contributed by atoms with Crippen LogP contribution >= 0.6 is 0 Å². The summed E-state index contributed by atoms with van der Waals surface area (Å²) >= 11 is 0. The molecule has 106 valence electrons. The Labute approximate surface area is 112 Å². The van der Waals surface area contributed by atoms with Gasteiger partial charge >= 0.3 is 5.97 Å². The van der Waals surface area contributed by atoms with E-state index in [-0.39, 0.29) is 5.57 Å². The highest BCUT2D eigenvalue weighted by Crippen LogP contribution is 2.10. The van der Waals surface area contributed by atoms with Crippen molar-refractivity contribution in [3.8, 4) is 0 Å². The zero-order valence-electron chi connectivity index (χ0n) is 12.1. The largest absolute Gasteiger partial charge is 0.478 e. The lowest BCUT2D eigenvalue weighted by atomic mass is 10.1. The van der Waals surface area contributed by atoms with Gasteiger partial charge in [-0.05, 0) is 45.8 Å². The maximum Gasteiger partial charge on any atom is 0.330 e. The van der Waals surface area contributed by atoms with E-state index in [0.717, 1.165) is 0 Å². The molecule has 0 radical (unpaired) electrons. The zero-order valence-corrected chi connectivity index (χ0v) is 12.1. The Balaban J connectivity index is 0.000000411. The smallest absolute Gasteiger partial charge is 0.330 e. The van der Waals surface area contributed by atoms with Crippen LogP contribution < -0.4 is 0 Å². The van der Waals surface area contributed by atoms with Gasteiger partial charge < -0.3 is 10.0 Å². The normalized spacial score (nSPS) is 15.7. The van der Waals surface area contributed by atoms with Crippen molar-refractivity contribution in [2.24, 2.45) is 0 Å². The molecule has 1 N–H and O–H groups in total. The molecule has 0 bridgehead atoms. The number of unbranched alkanes of at least 4 members (excludes halogenated alkanes) is 3. The van der Waals surface area contributed by atoms with Gasteiger partial charge in [-0.2, -0.15) is 0 Å². The number of hydrogen-bond donors (Lipinski definition) is 1. The van der Waals surface area contributed by atoms with Gasteiger partial charge in [0.15, 0.2) is 0 Å². The van der Waals surface area contributed by atoms with Gasteiger partial charge in [0.2, 0.25) is 0 Å². The number of carbonyl (C=O) groups is 1. The fourth-order valence-corrected chi connectivity index (χ4v) is 1.95. The molecule has 0 aromatic heterocycles. The van der Waals surface area contributed by atoms with Gasteiger partial charge in [0, 0.05) is 5.57 Å². The van der Waals surface area contributed by atoms with Gasteiger partial charge in [-0.1, -0.05) is 39.2 Å². The second-order valence-corrected chi connectivity index (χ2v) is 5.05. The average Bonchev–Trinajstić information content (AvgIpc) is 2.36. The van der Waals surface area contributed by atoms with E-state index in [1.54, 1.807) is 0 Å². The molecule has 1 heterocycles. The van der Waals surface area contributed by atoms with Gasteiger partial charge in [-0.15, -0.1) is 0 Å². The first-order valence-corrected chi connectivity index (χ1v) is 7.19. The third-order valence-electron chi connectivity index (χ3n) is 3.14. The molecule has 18 heavy (non-hydrogen) atoms. The average molecular weight is 255 g/mol. The summed E-state index contributed by atoms with van der Waals surface area (Å²) in [6.45, 7) is 11.0. The summed E-state index contributed by atoms with van der Waals surface area (Å²) in [6.07, 6.45) is 9.99. The van der Waals surface area contributed by atoms with Crippen molar-refractivity contribution in [1.29, 1.82) is 0 Å². The highest BCUT2D eigenvalue weighted by Gasteiger charge is 2.08. The summed E-state index contributed by atoms with van der Waals surface area (Å²) in [4.78, 5) is 12.2. The van der Waals surface area contributed by atoms with Crippen molar-refractivity contribution in [2.75, 3.05) is 19.6 Å². The molecule has 0 aliphatic carbocycles. The Hall–Kier alpha value is -0.830. The first kappa shape index (κ1) is 17.2. The maximum atomic E-state index is 9.60. The summed E-state index contributed by atoms with van der Waals surface area (Å²) in [6, 6.07) is 0. The molecule has 0 atom stereocenters. The van der Waals surface area contributed by atoms with Crippen LogP contribution in [0.5, 0.6) is 0 Å². The molecule has 1 saturated heterocycles. The zero-order chi connectivity index (χ0) is 13.8. The van der Waals surface area contributed by atoms with Crippen molar-refractivity contribution in [1.82, 2.24) is 4.90 Å². The Morgan fingerprint density at radius 2 is 1.72 bits per heavy atom. The monoisotopic (exact) mass is 255 g/mol. The molecule has 1 aliphatic rings. The predicted molar refractivity (Wildman–Crippen MR) is 76.9 cm³/mol.